The Morgan fingerprint density at radius 3 is 3.07 bits per heavy atom. The smallest absolute Gasteiger partial charge is 0.410 e. The zero-order valence-electron chi connectivity index (χ0n) is 16.9. The standard InChI is InChI=1S/C20H29N5O4/c1-14-3-5-25(22-14)7-6-23-11-16-15(17-2-4-20(16,13-23)29-17)10-21-18(26)12-24-8-9-28-19(24)27/h3,5,15-17H,2,4,6-13H2,1H3,(H,21,26)/t15-,16+,17+,20+/m0/s1. The quantitative estimate of drug-likeness (QED) is 0.702. The molecular formula is C20H29N5O4. The maximum Gasteiger partial charge on any atom is 0.410 e. The molecule has 0 unspecified atom stereocenters. The Kier molecular flexibility index (Phi) is 4.74. The summed E-state index contributed by atoms with van der Waals surface area (Å²) in [5.41, 5.74) is 1.00. The van der Waals surface area contributed by atoms with Gasteiger partial charge in [-0.3, -0.25) is 19.3 Å². The lowest BCUT2D eigenvalue weighted by Gasteiger charge is -2.29. The van der Waals surface area contributed by atoms with Crippen LogP contribution in [0, 0.1) is 18.8 Å². The van der Waals surface area contributed by atoms with Crippen LogP contribution in [0.25, 0.3) is 0 Å². The number of fused-ring (bicyclic) bond motifs is 1. The molecule has 1 aromatic rings. The molecular weight excluding hydrogens is 374 g/mol. The number of amides is 2. The van der Waals surface area contributed by atoms with Crippen molar-refractivity contribution in [2.24, 2.45) is 11.8 Å². The second-order valence-corrected chi connectivity index (χ2v) is 8.83. The number of carbonyl (C=O) groups is 2. The number of ether oxygens (including phenoxy) is 2. The third-order valence-corrected chi connectivity index (χ3v) is 6.99. The van der Waals surface area contributed by atoms with Gasteiger partial charge in [0.2, 0.25) is 5.91 Å². The molecule has 5 rings (SSSR count). The van der Waals surface area contributed by atoms with Crippen LogP contribution in [-0.2, 0) is 20.8 Å². The second-order valence-electron chi connectivity index (χ2n) is 8.83. The topological polar surface area (TPSA) is 88.9 Å². The van der Waals surface area contributed by atoms with Gasteiger partial charge >= 0.3 is 6.09 Å². The maximum atomic E-state index is 12.3. The second kappa shape index (κ2) is 7.28. The van der Waals surface area contributed by atoms with Crippen molar-refractivity contribution in [1.82, 2.24) is 24.9 Å². The third-order valence-electron chi connectivity index (χ3n) is 6.99. The largest absolute Gasteiger partial charge is 0.448 e. The summed E-state index contributed by atoms with van der Waals surface area (Å²) in [6.45, 7) is 7.37. The van der Waals surface area contributed by atoms with E-state index in [-0.39, 0.29) is 24.2 Å². The number of rotatable bonds is 7. The van der Waals surface area contributed by atoms with Crippen molar-refractivity contribution in [3.8, 4) is 0 Å². The van der Waals surface area contributed by atoms with Crippen LogP contribution in [0.1, 0.15) is 18.5 Å². The lowest BCUT2D eigenvalue weighted by atomic mass is 9.73. The predicted octanol–water partition coefficient (Wildman–Crippen LogP) is 0.239. The van der Waals surface area contributed by atoms with Gasteiger partial charge in [-0.2, -0.15) is 5.10 Å². The molecule has 0 radical (unpaired) electrons. The molecule has 0 aliphatic carbocycles. The van der Waals surface area contributed by atoms with Crippen LogP contribution in [0.3, 0.4) is 0 Å². The summed E-state index contributed by atoms with van der Waals surface area (Å²) in [6.07, 6.45) is 4.06. The van der Waals surface area contributed by atoms with Gasteiger partial charge in [-0.05, 0) is 25.8 Å². The summed E-state index contributed by atoms with van der Waals surface area (Å²) in [4.78, 5) is 27.8. The maximum absolute atomic E-state index is 12.3. The van der Waals surface area contributed by atoms with E-state index in [1.54, 1.807) is 0 Å². The zero-order valence-corrected chi connectivity index (χ0v) is 16.9. The summed E-state index contributed by atoms with van der Waals surface area (Å²) in [7, 11) is 0. The Balaban J connectivity index is 1.15. The number of aryl methyl sites for hydroxylation is 1. The number of likely N-dealkylation sites (tertiary alicyclic amines) is 1. The molecule has 1 spiro atoms. The predicted molar refractivity (Wildman–Crippen MR) is 103 cm³/mol. The molecule has 0 aromatic carbocycles. The molecule has 1 aromatic heterocycles. The van der Waals surface area contributed by atoms with Crippen LogP contribution < -0.4 is 5.32 Å². The fourth-order valence-electron chi connectivity index (χ4n) is 5.59. The van der Waals surface area contributed by atoms with E-state index in [2.05, 4.69) is 15.3 Å². The normalized spacial score (nSPS) is 33.3. The molecule has 4 aliphatic rings. The highest BCUT2D eigenvalue weighted by atomic mass is 16.6. The zero-order chi connectivity index (χ0) is 20.0. The minimum absolute atomic E-state index is 0.0428. The van der Waals surface area contributed by atoms with Gasteiger partial charge in [-0.15, -0.1) is 0 Å². The van der Waals surface area contributed by atoms with Crippen molar-refractivity contribution in [3.63, 3.8) is 0 Å². The number of hydrogen-bond acceptors (Lipinski definition) is 6. The van der Waals surface area contributed by atoms with Crippen molar-refractivity contribution < 1.29 is 19.1 Å². The molecule has 158 valence electrons. The summed E-state index contributed by atoms with van der Waals surface area (Å²) < 4.78 is 13.4. The molecule has 4 aliphatic heterocycles. The molecule has 2 amide bonds. The van der Waals surface area contributed by atoms with Crippen molar-refractivity contribution in [2.45, 2.75) is 38.0 Å². The molecule has 29 heavy (non-hydrogen) atoms. The molecule has 0 saturated carbocycles. The van der Waals surface area contributed by atoms with Crippen molar-refractivity contribution in [1.29, 1.82) is 0 Å². The van der Waals surface area contributed by atoms with E-state index >= 15 is 0 Å². The number of hydrogen-bond donors (Lipinski definition) is 1. The van der Waals surface area contributed by atoms with Crippen molar-refractivity contribution in [3.05, 3.63) is 18.0 Å². The first kappa shape index (κ1) is 18.9. The first-order valence-electron chi connectivity index (χ1n) is 10.6. The average Bonchev–Trinajstić information content (AvgIpc) is 3.48. The van der Waals surface area contributed by atoms with E-state index in [1.165, 1.54) is 4.90 Å². The summed E-state index contributed by atoms with van der Waals surface area (Å²) in [6, 6.07) is 2.03. The first-order valence-corrected chi connectivity index (χ1v) is 10.6. The van der Waals surface area contributed by atoms with Gasteiger partial charge in [0.05, 0.1) is 30.5 Å². The van der Waals surface area contributed by atoms with Gasteiger partial charge in [0, 0.05) is 44.2 Å². The number of carbonyl (C=O) groups excluding carboxylic acids is 2. The molecule has 9 nitrogen and oxygen atoms in total. The third kappa shape index (κ3) is 3.50. The Labute approximate surface area is 170 Å². The summed E-state index contributed by atoms with van der Waals surface area (Å²) >= 11 is 0. The summed E-state index contributed by atoms with van der Waals surface area (Å²) in [5, 5.41) is 7.52. The summed E-state index contributed by atoms with van der Waals surface area (Å²) in [5.74, 6) is 0.678. The van der Waals surface area contributed by atoms with E-state index in [0.29, 0.717) is 31.5 Å². The lowest BCUT2D eigenvalue weighted by Crippen LogP contribution is -2.44. The highest BCUT2D eigenvalue weighted by Crippen LogP contribution is 2.54. The van der Waals surface area contributed by atoms with Gasteiger partial charge < -0.3 is 14.8 Å². The fourth-order valence-corrected chi connectivity index (χ4v) is 5.59. The molecule has 4 saturated heterocycles. The minimum atomic E-state index is -0.402. The molecule has 2 bridgehead atoms. The van der Waals surface area contributed by atoms with Crippen LogP contribution in [0.5, 0.6) is 0 Å². The van der Waals surface area contributed by atoms with Crippen molar-refractivity contribution >= 4 is 12.0 Å². The number of nitrogens with one attached hydrogen (secondary N) is 1. The average molecular weight is 403 g/mol. The minimum Gasteiger partial charge on any atom is -0.448 e. The fraction of sp³-hybridized carbons (Fsp3) is 0.750. The van der Waals surface area contributed by atoms with E-state index in [0.717, 1.165) is 44.7 Å². The van der Waals surface area contributed by atoms with Gasteiger partial charge in [0.15, 0.2) is 0 Å². The monoisotopic (exact) mass is 403 g/mol. The number of aromatic nitrogens is 2. The highest BCUT2D eigenvalue weighted by molar-refractivity contribution is 5.82. The molecule has 5 heterocycles. The Bertz CT molecular complexity index is 798. The van der Waals surface area contributed by atoms with Crippen molar-refractivity contribution in [2.75, 3.05) is 45.9 Å². The van der Waals surface area contributed by atoms with E-state index in [1.807, 2.05) is 23.9 Å². The van der Waals surface area contributed by atoms with Crippen LogP contribution in [-0.4, -0.2) is 89.2 Å². The van der Waals surface area contributed by atoms with E-state index in [4.69, 9.17) is 9.47 Å². The van der Waals surface area contributed by atoms with Gasteiger partial charge in [-0.1, -0.05) is 0 Å². The van der Waals surface area contributed by atoms with Crippen LogP contribution in [0.15, 0.2) is 12.3 Å². The highest BCUT2D eigenvalue weighted by Gasteiger charge is 2.62. The van der Waals surface area contributed by atoms with E-state index < -0.39 is 6.09 Å². The van der Waals surface area contributed by atoms with Crippen LogP contribution in [0.4, 0.5) is 4.79 Å². The number of nitrogens with zero attached hydrogens (tertiary/aromatic N) is 4. The number of cyclic esters (lactones) is 1. The molecule has 9 heteroatoms. The Hall–Kier alpha value is -2.13. The lowest BCUT2D eigenvalue weighted by molar-refractivity contribution is -0.121. The Morgan fingerprint density at radius 1 is 1.41 bits per heavy atom. The van der Waals surface area contributed by atoms with Gasteiger partial charge in [0.1, 0.15) is 13.2 Å². The van der Waals surface area contributed by atoms with E-state index in [9.17, 15) is 9.59 Å². The SMILES string of the molecule is Cc1ccn(CCN2C[C@@H]3[C@H](CNC(=O)CN4CCOC4=O)[C@H]4CC[C@]3(C2)O4)n1. The molecule has 1 N–H and O–H groups in total. The van der Waals surface area contributed by atoms with Crippen LogP contribution in [0.2, 0.25) is 0 Å². The van der Waals surface area contributed by atoms with Gasteiger partial charge in [0.25, 0.3) is 0 Å². The Morgan fingerprint density at radius 2 is 2.31 bits per heavy atom. The molecule has 4 fully saturated rings. The van der Waals surface area contributed by atoms with Gasteiger partial charge in [-0.25, -0.2) is 4.79 Å². The van der Waals surface area contributed by atoms with Crippen LogP contribution >= 0.6 is 0 Å². The molecule has 4 atom stereocenters. The first-order chi connectivity index (χ1) is 14.0.